The van der Waals surface area contributed by atoms with E-state index in [0.717, 1.165) is 5.56 Å². The number of hydrogen-bond donors (Lipinski definition) is 0. The molecule has 0 spiro atoms. The molecule has 3 nitrogen and oxygen atoms in total. The number of hydrogen-bond acceptors (Lipinski definition) is 3. The van der Waals surface area contributed by atoms with Crippen molar-refractivity contribution in [2.75, 3.05) is 14.2 Å². The summed E-state index contributed by atoms with van der Waals surface area (Å²) in [6, 6.07) is 11.5. The summed E-state index contributed by atoms with van der Waals surface area (Å²) in [5.41, 5.74) is 0.853. The maximum Gasteiger partial charge on any atom is 0.207 e. The predicted octanol–water partition coefficient (Wildman–Crippen LogP) is 2.05. The van der Waals surface area contributed by atoms with Crippen molar-refractivity contribution in [1.82, 2.24) is 0 Å². The Balaban J connectivity index is 3.05. The Bertz CT molecular complexity index is 312. The van der Waals surface area contributed by atoms with Crippen LogP contribution < -0.4 is 0 Å². The van der Waals surface area contributed by atoms with E-state index >= 15 is 0 Å². The maximum absolute atomic E-state index is 8.72. The highest BCUT2D eigenvalue weighted by Crippen LogP contribution is 2.28. The summed E-state index contributed by atoms with van der Waals surface area (Å²) in [5, 5.41) is 8.72. The highest BCUT2D eigenvalue weighted by Gasteiger charge is 2.31. The zero-order chi connectivity index (χ0) is 10.4. The van der Waals surface area contributed by atoms with Gasteiger partial charge in [0.1, 0.15) is 0 Å². The van der Waals surface area contributed by atoms with Crippen LogP contribution in [0.5, 0.6) is 0 Å². The molecule has 0 unspecified atom stereocenters. The first-order chi connectivity index (χ1) is 6.79. The van der Waals surface area contributed by atoms with E-state index in [9.17, 15) is 0 Å². The van der Waals surface area contributed by atoms with Crippen LogP contribution in [0.25, 0.3) is 0 Å². The molecule has 0 heterocycles. The number of ether oxygens (including phenoxy) is 2. The minimum atomic E-state index is -0.935. The Hall–Kier alpha value is -1.37. The van der Waals surface area contributed by atoms with Crippen LogP contribution in [-0.4, -0.2) is 14.2 Å². The molecule has 0 radical (unpaired) electrons. The fourth-order valence-corrected chi connectivity index (χ4v) is 1.36. The van der Waals surface area contributed by atoms with Gasteiger partial charge in [-0.3, -0.25) is 0 Å². The molecular formula is C11H13NO2. The van der Waals surface area contributed by atoms with Crippen LogP contribution in [0, 0.1) is 11.3 Å². The summed E-state index contributed by atoms with van der Waals surface area (Å²) in [4.78, 5) is 0. The van der Waals surface area contributed by atoms with Crippen LogP contribution in [0.4, 0.5) is 0 Å². The van der Waals surface area contributed by atoms with Gasteiger partial charge in [-0.1, -0.05) is 30.3 Å². The minimum absolute atomic E-state index is 0.171. The van der Waals surface area contributed by atoms with Gasteiger partial charge in [0.2, 0.25) is 5.79 Å². The highest BCUT2D eigenvalue weighted by molar-refractivity contribution is 5.21. The van der Waals surface area contributed by atoms with E-state index in [1.165, 1.54) is 14.2 Å². The average Bonchev–Trinajstić information content (AvgIpc) is 2.27. The van der Waals surface area contributed by atoms with Crippen LogP contribution >= 0.6 is 0 Å². The SMILES string of the molecule is COC(CC#N)(OC)c1ccccc1. The molecule has 0 fully saturated rings. The zero-order valence-electron chi connectivity index (χ0n) is 8.36. The van der Waals surface area contributed by atoms with E-state index in [1.807, 2.05) is 30.3 Å². The number of methoxy groups -OCH3 is 2. The molecule has 14 heavy (non-hydrogen) atoms. The Labute approximate surface area is 83.9 Å². The fourth-order valence-electron chi connectivity index (χ4n) is 1.36. The molecule has 0 aromatic heterocycles. The lowest BCUT2D eigenvalue weighted by Crippen LogP contribution is -2.30. The summed E-state index contributed by atoms with van der Waals surface area (Å²) in [6.07, 6.45) is 0.171. The second-order valence-electron chi connectivity index (χ2n) is 2.86. The molecule has 0 N–H and O–H groups in total. The van der Waals surface area contributed by atoms with Crippen molar-refractivity contribution < 1.29 is 9.47 Å². The van der Waals surface area contributed by atoms with Gasteiger partial charge in [0.25, 0.3) is 0 Å². The number of nitrogens with zero attached hydrogens (tertiary/aromatic N) is 1. The van der Waals surface area contributed by atoms with Crippen LogP contribution in [0.1, 0.15) is 12.0 Å². The topological polar surface area (TPSA) is 42.2 Å². The van der Waals surface area contributed by atoms with Gasteiger partial charge in [0, 0.05) is 19.8 Å². The summed E-state index contributed by atoms with van der Waals surface area (Å²) < 4.78 is 10.5. The van der Waals surface area contributed by atoms with Crippen LogP contribution in [0.15, 0.2) is 30.3 Å². The quantitative estimate of drug-likeness (QED) is 0.684. The molecule has 0 aliphatic carbocycles. The molecule has 0 amide bonds. The first-order valence-electron chi connectivity index (χ1n) is 4.32. The van der Waals surface area contributed by atoms with Crippen molar-refractivity contribution in [2.24, 2.45) is 0 Å². The van der Waals surface area contributed by atoms with Crippen LogP contribution in [0.2, 0.25) is 0 Å². The van der Waals surface area contributed by atoms with Crippen molar-refractivity contribution in [3.63, 3.8) is 0 Å². The number of benzene rings is 1. The van der Waals surface area contributed by atoms with E-state index in [0.29, 0.717) is 0 Å². The Morgan fingerprint density at radius 3 is 2.21 bits per heavy atom. The third-order valence-electron chi connectivity index (χ3n) is 2.18. The van der Waals surface area contributed by atoms with E-state index in [1.54, 1.807) is 0 Å². The fraction of sp³-hybridized carbons (Fsp3) is 0.364. The van der Waals surface area contributed by atoms with Gasteiger partial charge < -0.3 is 9.47 Å². The van der Waals surface area contributed by atoms with Crippen LogP contribution in [0.3, 0.4) is 0 Å². The first-order valence-corrected chi connectivity index (χ1v) is 4.32. The molecular weight excluding hydrogens is 178 g/mol. The third-order valence-corrected chi connectivity index (χ3v) is 2.18. The summed E-state index contributed by atoms with van der Waals surface area (Å²) >= 11 is 0. The summed E-state index contributed by atoms with van der Waals surface area (Å²) in [6.45, 7) is 0. The lowest BCUT2D eigenvalue weighted by molar-refractivity contribution is -0.212. The molecule has 74 valence electrons. The molecule has 1 aromatic rings. The van der Waals surface area contributed by atoms with Crippen LogP contribution in [-0.2, 0) is 15.3 Å². The molecule has 1 aromatic carbocycles. The van der Waals surface area contributed by atoms with Gasteiger partial charge in [-0.15, -0.1) is 0 Å². The second-order valence-corrected chi connectivity index (χ2v) is 2.86. The first kappa shape index (κ1) is 10.7. The molecule has 0 bridgehead atoms. The molecule has 0 saturated heterocycles. The van der Waals surface area contributed by atoms with E-state index < -0.39 is 5.79 Å². The molecule has 0 aliphatic rings. The molecule has 0 saturated carbocycles. The van der Waals surface area contributed by atoms with Gasteiger partial charge in [0.05, 0.1) is 12.5 Å². The van der Waals surface area contributed by atoms with Crippen molar-refractivity contribution in [1.29, 1.82) is 5.26 Å². The maximum atomic E-state index is 8.72. The highest BCUT2D eigenvalue weighted by atomic mass is 16.7. The summed E-state index contributed by atoms with van der Waals surface area (Å²) in [5.74, 6) is -0.935. The molecule has 3 heteroatoms. The van der Waals surface area contributed by atoms with Gasteiger partial charge >= 0.3 is 0 Å². The Kier molecular flexibility index (Phi) is 3.63. The minimum Gasteiger partial charge on any atom is -0.348 e. The van der Waals surface area contributed by atoms with Gasteiger partial charge in [0.15, 0.2) is 0 Å². The van der Waals surface area contributed by atoms with Crippen molar-refractivity contribution in [3.05, 3.63) is 35.9 Å². The van der Waals surface area contributed by atoms with Crippen molar-refractivity contribution in [2.45, 2.75) is 12.2 Å². The predicted molar refractivity (Wildman–Crippen MR) is 52.4 cm³/mol. The monoisotopic (exact) mass is 191 g/mol. The van der Waals surface area contributed by atoms with Gasteiger partial charge in [-0.25, -0.2) is 0 Å². The largest absolute Gasteiger partial charge is 0.348 e. The molecule has 1 rings (SSSR count). The van der Waals surface area contributed by atoms with Gasteiger partial charge in [-0.05, 0) is 0 Å². The summed E-state index contributed by atoms with van der Waals surface area (Å²) in [7, 11) is 3.07. The van der Waals surface area contributed by atoms with E-state index in [2.05, 4.69) is 6.07 Å². The molecule has 0 atom stereocenters. The number of rotatable bonds is 4. The van der Waals surface area contributed by atoms with Crippen molar-refractivity contribution >= 4 is 0 Å². The van der Waals surface area contributed by atoms with Crippen molar-refractivity contribution in [3.8, 4) is 6.07 Å². The zero-order valence-corrected chi connectivity index (χ0v) is 8.36. The Morgan fingerprint density at radius 1 is 1.21 bits per heavy atom. The second kappa shape index (κ2) is 4.75. The standard InChI is InChI=1S/C11H13NO2/c1-13-11(14-2,8-9-12)10-6-4-3-5-7-10/h3-7H,8H2,1-2H3. The van der Waals surface area contributed by atoms with Gasteiger partial charge in [-0.2, -0.15) is 5.26 Å². The third kappa shape index (κ3) is 1.92. The van der Waals surface area contributed by atoms with E-state index in [4.69, 9.17) is 14.7 Å². The Morgan fingerprint density at radius 2 is 1.79 bits per heavy atom. The molecule has 0 aliphatic heterocycles. The number of nitriles is 1. The smallest absolute Gasteiger partial charge is 0.207 e. The lowest BCUT2D eigenvalue weighted by atomic mass is 10.0. The lowest BCUT2D eigenvalue weighted by Gasteiger charge is -2.28. The average molecular weight is 191 g/mol. The normalized spacial score (nSPS) is 10.9. The van der Waals surface area contributed by atoms with E-state index in [-0.39, 0.29) is 6.42 Å².